The second-order valence-electron chi connectivity index (χ2n) is 9.51. The van der Waals surface area contributed by atoms with Crippen molar-refractivity contribution in [3.8, 4) is 11.1 Å². The summed E-state index contributed by atoms with van der Waals surface area (Å²) in [6.45, 7) is 5.95. The zero-order valence-electron chi connectivity index (χ0n) is 21.4. The van der Waals surface area contributed by atoms with Crippen molar-refractivity contribution in [1.29, 1.82) is 5.41 Å². The van der Waals surface area contributed by atoms with Gasteiger partial charge < -0.3 is 20.9 Å². The molecule has 3 heterocycles. The number of rotatable bonds is 7. The molecule has 2 aromatic heterocycles. The number of amides is 1. The molecular formula is C29H33N7O. The number of aromatic amines is 1. The van der Waals surface area contributed by atoms with Gasteiger partial charge >= 0.3 is 0 Å². The number of imidazole rings is 1. The van der Waals surface area contributed by atoms with Gasteiger partial charge in [0.15, 0.2) is 5.82 Å². The Balaban J connectivity index is 1.51. The van der Waals surface area contributed by atoms with Crippen LogP contribution >= 0.6 is 0 Å². The number of nitrogens with one attached hydrogen (secondary N) is 3. The summed E-state index contributed by atoms with van der Waals surface area (Å²) in [5.74, 6) is 0.700. The number of nitrogen functional groups attached to an aromatic ring is 1. The van der Waals surface area contributed by atoms with E-state index >= 15 is 0 Å². The lowest BCUT2D eigenvalue weighted by Gasteiger charge is -2.28. The molecule has 0 spiro atoms. The molecule has 1 aliphatic rings. The summed E-state index contributed by atoms with van der Waals surface area (Å²) in [6, 6.07) is 14.0. The van der Waals surface area contributed by atoms with Gasteiger partial charge in [0.05, 0.1) is 11.2 Å². The molecule has 0 radical (unpaired) electrons. The Kier molecular flexibility index (Phi) is 6.90. The molecule has 0 bridgehead atoms. The van der Waals surface area contributed by atoms with Crippen LogP contribution in [0.15, 0.2) is 48.7 Å². The first-order chi connectivity index (χ1) is 18.0. The van der Waals surface area contributed by atoms with E-state index in [2.05, 4.69) is 39.2 Å². The number of anilines is 3. The lowest BCUT2D eigenvalue weighted by Crippen LogP contribution is -2.29. The van der Waals surface area contributed by atoms with Gasteiger partial charge in [-0.1, -0.05) is 26.0 Å². The Morgan fingerprint density at radius 2 is 1.92 bits per heavy atom. The SMILES string of the molecule is CCC(=O)Nc1cc(CC)cc(-c2cnc(N)c(C(=N)c3nc4c(N5CCCCC5)cccc4[nH]3)c2)c1. The van der Waals surface area contributed by atoms with E-state index in [-0.39, 0.29) is 17.4 Å². The lowest BCUT2D eigenvalue weighted by molar-refractivity contribution is -0.115. The number of hydrogen-bond donors (Lipinski definition) is 4. The monoisotopic (exact) mass is 495 g/mol. The number of benzene rings is 2. The molecule has 0 atom stereocenters. The Hall–Kier alpha value is -4.20. The Bertz CT molecular complexity index is 1470. The van der Waals surface area contributed by atoms with Gasteiger partial charge in [0.25, 0.3) is 0 Å². The number of fused-ring (bicyclic) bond motifs is 1. The van der Waals surface area contributed by atoms with E-state index in [1.165, 1.54) is 19.3 Å². The quantitative estimate of drug-likeness (QED) is 0.251. The van der Waals surface area contributed by atoms with Gasteiger partial charge in [0.1, 0.15) is 17.0 Å². The van der Waals surface area contributed by atoms with Crippen LogP contribution < -0.4 is 16.0 Å². The average molecular weight is 496 g/mol. The second-order valence-corrected chi connectivity index (χ2v) is 9.51. The molecule has 1 amide bonds. The van der Waals surface area contributed by atoms with Crippen LogP contribution in [0.1, 0.15) is 56.5 Å². The molecule has 37 heavy (non-hydrogen) atoms. The van der Waals surface area contributed by atoms with E-state index in [0.717, 1.165) is 58.6 Å². The Labute approximate surface area is 216 Å². The molecule has 2 aromatic carbocycles. The van der Waals surface area contributed by atoms with Crippen LogP contribution in [0.4, 0.5) is 17.2 Å². The minimum absolute atomic E-state index is 0.0362. The van der Waals surface area contributed by atoms with Gasteiger partial charge in [-0.15, -0.1) is 0 Å². The van der Waals surface area contributed by atoms with Gasteiger partial charge in [0, 0.05) is 42.5 Å². The van der Waals surface area contributed by atoms with Crippen LogP contribution in [-0.4, -0.2) is 39.7 Å². The number of aromatic nitrogens is 3. The maximum atomic E-state index is 12.0. The van der Waals surface area contributed by atoms with E-state index in [1.807, 2.05) is 37.3 Å². The van der Waals surface area contributed by atoms with Crippen molar-refractivity contribution in [1.82, 2.24) is 15.0 Å². The van der Waals surface area contributed by atoms with Crippen LogP contribution in [0.25, 0.3) is 22.2 Å². The highest BCUT2D eigenvalue weighted by Crippen LogP contribution is 2.30. The first-order valence-corrected chi connectivity index (χ1v) is 13.0. The third-order valence-corrected chi connectivity index (χ3v) is 6.95. The van der Waals surface area contributed by atoms with Crippen molar-refractivity contribution in [3.05, 3.63) is 65.6 Å². The molecule has 5 rings (SSSR count). The zero-order valence-corrected chi connectivity index (χ0v) is 21.4. The molecule has 8 heteroatoms. The number of para-hydroxylation sites is 1. The molecule has 1 saturated heterocycles. The summed E-state index contributed by atoms with van der Waals surface area (Å²) >= 11 is 0. The number of pyridine rings is 1. The summed E-state index contributed by atoms with van der Waals surface area (Å²) in [5, 5.41) is 11.9. The minimum atomic E-state index is -0.0362. The number of nitrogens with two attached hydrogens (primary N) is 1. The van der Waals surface area contributed by atoms with Crippen molar-refractivity contribution in [3.63, 3.8) is 0 Å². The summed E-state index contributed by atoms with van der Waals surface area (Å²) < 4.78 is 0. The number of H-pyrrole nitrogens is 1. The van der Waals surface area contributed by atoms with Gasteiger partial charge in [-0.3, -0.25) is 10.2 Å². The molecule has 5 N–H and O–H groups in total. The summed E-state index contributed by atoms with van der Waals surface area (Å²) in [6.07, 6.45) is 6.57. The Morgan fingerprint density at radius 3 is 2.68 bits per heavy atom. The van der Waals surface area contributed by atoms with Crippen molar-refractivity contribution >= 4 is 39.8 Å². The van der Waals surface area contributed by atoms with E-state index in [9.17, 15) is 4.79 Å². The predicted molar refractivity (Wildman–Crippen MR) is 150 cm³/mol. The average Bonchev–Trinajstić information content (AvgIpc) is 3.38. The van der Waals surface area contributed by atoms with Crippen LogP contribution in [0.2, 0.25) is 0 Å². The van der Waals surface area contributed by atoms with E-state index in [4.69, 9.17) is 16.1 Å². The maximum Gasteiger partial charge on any atom is 0.224 e. The zero-order chi connectivity index (χ0) is 25.9. The number of piperidine rings is 1. The van der Waals surface area contributed by atoms with Gasteiger partial charge in [-0.05, 0) is 67.1 Å². The highest BCUT2D eigenvalue weighted by molar-refractivity contribution is 6.13. The molecule has 1 aliphatic heterocycles. The van der Waals surface area contributed by atoms with Crippen molar-refractivity contribution in [2.75, 3.05) is 29.0 Å². The smallest absolute Gasteiger partial charge is 0.224 e. The fraction of sp³-hybridized carbons (Fsp3) is 0.310. The molecule has 1 fully saturated rings. The van der Waals surface area contributed by atoms with Crippen molar-refractivity contribution in [2.45, 2.75) is 46.0 Å². The van der Waals surface area contributed by atoms with Crippen LogP contribution in [0, 0.1) is 5.41 Å². The number of hydrogen-bond acceptors (Lipinski definition) is 6. The summed E-state index contributed by atoms with van der Waals surface area (Å²) in [4.78, 5) is 26.9. The summed E-state index contributed by atoms with van der Waals surface area (Å²) in [5.41, 5.74) is 13.4. The fourth-order valence-electron chi connectivity index (χ4n) is 4.87. The van der Waals surface area contributed by atoms with E-state index in [0.29, 0.717) is 17.8 Å². The maximum absolute atomic E-state index is 12.0. The number of aryl methyl sites for hydroxylation is 1. The minimum Gasteiger partial charge on any atom is -0.383 e. The third kappa shape index (κ3) is 5.05. The van der Waals surface area contributed by atoms with E-state index in [1.54, 1.807) is 6.20 Å². The molecular weight excluding hydrogens is 462 g/mol. The van der Waals surface area contributed by atoms with Crippen LogP contribution in [0.3, 0.4) is 0 Å². The predicted octanol–water partition coefficient (Wildman–Crippen LogP) is 5.52. The molecule has 4 aromatic rings. The molecule has 0 aliphatic carbocycles. The van der Waals surface area contributed by atoms with Crippen LogP contribution in [-0.2, 0) is 11.2 Å². The topological polar surface area (TPSA) is 124 Å². The Morgan fingerprint density at radius 1 is 1.11 bits per heavy atom. The molecule has 8 nitrogen and oxygen atoms in total. The first kappa shape index (κ1) is 24.5. The lowest BCUT2D eigenvalue weighted by atomic mass is 9.99. The van der Waals surface area contributed by atoms with Crippen LogP contribution in [0.5, 0.6) is 0 Å². The third-order valence-electron chi connectivity index (χ3n) is 6.95. The number of nitrogens with zero attached hydrogens (tertiary/aromatic N) is 3. The highest BCUT2D eigenvalue weighted by atomic mass is 16.1. The summed E-state index contributed by atoms with van der Waals surface area (Å²) in [7, 11) is 0. The second kappa shape index (κ2) is 10.4. The normalized spacial score (nSPS) is 13.6. The van der Waals surface area contributed by atoms with E-state index < -0.39 is 0 Å². The number of carbonyl (C=O) groups excluding carboxylic acids is 1. The number of carbonyl (C=O) groups is 1. The van der Waals surface area contributed by atoms with Gasteiger partial charge in [-0.25, -0.2) is 9.97 Å². The van der Waals surface area contributed by atoms with Gasteiger partial charge in [-0.2, -0.15) is 0 Å². The molecule has 0 unspecified atom stereocenters. The largest absolute Gasteiger partial charge is 0.383 e. The van der Waals surface area contributed by atoms with Gasteiger partial charge in [0.2, 0.25) is 5.91 Å². The fourth-order valence-corrected chi connectivity index (χ4v) is 4.87. The van der Waals surface area contributed by atoms with Crippen molar-refractivity contribution in [2.24, 2.45) is 0 Å². The highest BCUT2D eigenvalue weighted by Gasteiger charge is 2.19. The molecule has 190 valence electrons. The van der Waals surface area contributed by atoms with Crippen molar-refractivity contribution < 1.29 is 4.79 Å². The molecule has 0 saturated carbocycles. The standard InChI is InChI=1S/C29H33N7O/c1-3-18-13-19(15-21(14-18)33-25(37)4-2)20-16-22(28(31)32-17-20)26(30)29-34-23-9-8-10-24(27(23)35-29)36-11-6-5-7-12-36/h8-10,13-17,30H,3-7,11-12H2,1-2H3,(H2,31,32)(H,33,37)(H,34,35). The first-order valence-electron chi connectivity index (χ1n) is 13.0.